The van der Waals surface area contributed by atoms with Gasteiger partial charge in [0.1, 0.15) is 11.5 Å². The van der Waals surface area contributed by atoms with E-state index in [2.05, 4.69) is 13.0 Å². The van der Waals surface area contributed by atoms with Crippen molar-refractivity contribution in [1.82, 2.24) is 14.7 Å². The first kappa shape index (κ1) is 18.4. The summed E-state index contributed by atoms with van der Waals surface area (Å²) in [4.78, 5) is 31.1. The molecule has 0 unspecified atom stereocenters. The molecule has 27 heavy (non-hydrogen) atoms. The number of amides is 3. The lowest BCUT2D eigenvalue weighted by molar-refractivity contribution is -0.136. The van der Waals surface area contributed by atoms with Gasteiger partial charge in [0.15, 0.2) is 0 Å². The van der Waals surface area contributed by atoms with E-state index in [0.29, 0.717) is 24.9 Å². The maximum absolute atomic E-state index is 12.9. The van der Waals surface area contributed by atoms with E-state index in [9.17, 15) is 9.59 Å². The first-order valence-corrected chi connectivity index (χ1v) is 10.4. The van der Waals surface area contributed by atoms with Crippen LogP contribution >= 0.6 is 0 Å². The molecule has 1 aromatic rings. The number of hydrogen-bond acceptors (Lipinski definition) is 3. The van der Waals surface area contributed by atoms with Crippen molar-refractivity contribution in [2.75, 3.05) is 33.2 Å². The van der Waals surface area contributed by atoms with E-state index in [-0.39, 0.29) is 17.9 Å². The van der Waals surface area contributed by atoms with Gasteiger partial charge in [0.2, 0.25) is 5.91 Å². The Morgan fingerprint density at radius 2 is 1.85 bits per heavy atom. The van der Waals surface area contributed by atoms with Gasteiger partial charge >= 0.3 is 6.03 Å². The summed E-state index contributed by atoms with van der Waals surface area (Å²) in [7, 11) is 1.84. The Morgan fingerprint density at radius 3 is 2.56 bits per heavy atom. The summed E-state index contributed by atoms with van der Waals surface area (Å²) in [5.74, 6) is 3.19. The second-order valence-corrected chi connectivity index (χ2v) is 8.58. The van der Waals surface area contributed by atoms with Crippen molar-refractivity contribution in [2.24, 2.45) is 11.8 Å². The molecule has 0 N–H and O–H groups in total. The predicted molar refractivity (Wildman–Crippen MR) is 102 cm³/mol. The lowest BCUT2D eigenvalue weighted by atomic mass is 9.96. The van der Waals surface area contributed by atoms with Crippen molar-refractivity contribution in [3.05, 3.63) is 23.7 Å². The van der Waals surface area contributed by atoms with Gasteiger partial charge in [-0.05, 0) is 50.2 Å². The maximum Gasteiger partial charge on any atom is 0.320 e. The molecule has 6 heteroatoms. The molecule has 2 saturated heterocycles. The summed E-state index contributed by atoms with van der Waals surface area (Å²) in [5.41, 5.74) is 0. The Morgan fingerprint density at radius 1 is 1.15 bits per heavy atom. The SMILES string of the molecule is C[C@@H]1C[C@H]1c1ccc(CN(C)C(=O)[C@H]2CCCN(C(=O)N3CCCC3)C2)o1. The van der Waals surface area contributed by atoms with Crippen LogP contribution in [0, 0.1) is 11.8 Å². The van der Waals surface area contributed by atoms with Crippen molar-refractivity contribution >= 4 is 11.9 Å². The number of carbonyl (C=O) groups excluding carboxylic acids is 2. The van der Waals surface area contributed by atoms with Gasteiger partial charge in [-0.25, -0.2) is 4.79 Å². The molecule has 0 radical (unpaired) electrons. The highest BCUT2D eigenvalue weighted by atomic mass is 16.3. The Hall–Kier alpha value is -1.98. The van der Waals surface area contributed by atoms with E-state index in [1.54, 1.807) is 4.90 Å². The third kappa shape index (κ3) is 3.99. The fraction of sp³-hybridized carbons (Fsp3) is 0.714. The zero-order valence-electron chi connectivity index (χ0n) is 16.5. The summed E-state index contributed by atoms with van der Waals surface area (Å²) >= 11 is 0. The van der Waals surface area contributed by atoms with Crippen LogP contribution in [-0.4, -0.2) is 59.9 Å². The van der Waals surface area contributed by atoms with Gasteiger partial charge in [-0.1, -0.05) is 6.92 Å². The fourth-order valence-electron chi connectivity index (χ4n) is 4.48. The van der Waals surface area contributed by atoms with Crippen molar-refractivity contribution in [1.29, 1.82) is 0 Å². The molecular formula is C21H31N3O3. The highest BCUT2D eigenvalue weighted by Crippen LogP contribution is 2.47. The molecule has 0 aromatic carbocycles. The summed E-state index contributed by atoms with van der Waals surface area (Å²) in [6.07, 6.45) is 5.14. The van der Waals surface area contributed by atoms with Gasteiger partial charge in [-0.2, -0.15) is 0 Å². The van der Waals surface area contributed by atoms with Gasteiger partial charge in [-0.3, -0.25) is 4.79 Å². The smallest absolute Gasteiger partial charge is 0.320 e. The molecular weight excluding hydrogens is 342 g/mol. The molecule has 6 nitrogen and oxygen atoms in total. The summed E-state index contributed by atoms with van der Waals surface area (Å²) in [6, 6.07) is 4.16. The topological polar surface area (TPSA) is 57.0 Å². The van der Waals surface area contributed by atoms with Crippen LogP contribution in [0.25, 0.3) is 0 Å². The number of urea groups is 1. The molecule has 3 heterocycles. The standard InChI is InChI=1S/C21H31N3O3/c1-15-12-18(15)19-8-7-17(27-19)14-22(2)20(25)16-6-5-11-24(13-16)21(26)23-9-3-4-10-23/h7-8,15-16,18H,3-6,9-14H2,1-2H3/t15-,16+,18-/m1/s1. The van der Waals surface area contributed by atoms with Gasteiger partial charge in [0, 0.05) is 39.1 Å². The third-order valence-electron chi connectivity index (χ3n) is 6.34. The Bertz CT molecular complexity index is 695. The highest BCUT2D eigenvalue weighted by molar-refractivity contribution is 5.81. The molecule has 2 aliphatic heterocycles. The van der Waals surface area contributed by atoms with Crippen molar-refractivity contribution in [3.63, 3.8) is 0 Å². The van der Waals surface area contributed by atoms with Crippen LogP contribution in [0.3, 0.4) is 0 Å². The number of carbonyl (C=O) groups is 2. The summed E-state index contributed by atoms with van der Waals surface area (Å²) in [6.45, 7) is 5.76. The van der Waals surface area contributed by atoms with Crippen molar-refractivity contribution in [2.45, 2.75) is 51.5 Å². The number of piperidine rings is 1. The number of furan rings is 1. The summed E-state index contributed by atoms with van der Waals surface area (Å²) < 4.78 is 5.95. The molecule has 3 amide bonds. The average molecular weight is 373 g/mol. The van der Waals surface area contributed by atoms with E-state index in [1.807, 2.05) is 22.9 Å². The maximum atomic E-state index is 12.9. The fourth-order valence-corrected chi connectivity index (χ4v) is 4.48. The van der Waals surface area contributed by atoms with E-state index >= 15 is 0 Å². The Labute approximate surface area is 161 Å². The summed E-state index contributed by atoms with van der Waals surface area (Å²) in [5, 5.41) is 0. The Kier molecular flexibility index (Phi) is 5.15. The zero-order valence-corrected chi connectivity index (χ0v) is 16.5. The van der Waals surface area contributed by atoms with Gasteiger partial charge in [0.25, 0.3) is 0 Å². The van der Waals surface area contributed by atoms with Crippen LogP contribution in [0.1, 0.15) is 56.5 Å². The minimum atomic E-state index is -0.104. The number of hydrogen-bond donors (Lipinski definition) is 0. The second-order valence-electron chi connectivity index (χ2n) is 8.58. The Balaban J connectivity index is 1.32. The molecule has 1 saturated carbocycles. The van der Waals surface area contributed by atoms with Crippen LogP contribution in [0.5, 0.6) is 0 Å². The quantitative estimate of drug-likeness (QED) is 0.814. The largest absolute Gasteiger partial charge is 0.464 e. The van der Waals surface area contributed by atoms with E-state index in [1.165, 1.54) is 6.42 Å². The number of nitrogens with zero attached hydrogens (tertiary/aromatic N) is 3. The average Bonchev–Trinajstić information content (AvgIpc) is 3.10. The lowest BCUT2D eigenvalue weighted by Crippen LogP contribution is -2.49. The first-order chi connectivity index (χ1) is 13.0. The molecule has 3 fully saturated rings. The first-order valence-electron chi connectivity index (χ1n) is 10.4. The van der Waals surface area contributed by atoms with E-state index in [4.69, 9.17) is 4.42 Å². The number of likely N-dealkylation sites (tertiary alicyclic amines) is 2. The minimum Gasteiger partial charge on any atom is -0.464 e. The normalized spacial score (nSPS) is 27.7. The molecule has 1 aromatic heterocycles. The molecule has 1 aliphatic carbocycles. The van der Waals surface area contributed by atoms with Crippen LogP contribution < -0.4 is 0 Å². The zero-order chi connectivity index (χ0) is 19.0. The molecule has 4 rings (SSSR count). The predicted octanol–water partition coefficient (Wildman–Crippen LogP) is 3.29. The second kappa shape index (κ2) is 7.56. The minimum absolute atomic E-state index is 0.104. The van der Waals surface area contributed by atoms with Crippen molar-refractivity contribution in [3.8, 4) is 0 Å². The monoisotopic (exact) mass is 373 g/mol. The van der Waals surface area contributed by atoms with Crippen LogP contribution in [0.15, 0.2) is 16.5 Å². The molecule has 3 aliphatic rings. The third-order valence-corrected chi connectivity index (χ3v) is 6.34. The van der Waals surface area contributed by atoms with E-state index < -0.39 is 0 Å². The molecule has 0 bridgehead atoms. The molecule has 0 spiro atoms. The van der Waals surface area contributed by atoms with Crippen LogP contribution in [0.4, 0.5) is 4.79 Å². The number of rotatable bonds is 4. The van der Waals surface area contributed by atoms with E-state index in [0.717, 1.165) is 56.8 Å². The molecule has 148 valence electrons. The van der Waals surface area contributed by atoms with Gasteiger partial charge < -0.3 is 19.1 Å². The van der Waals surface area contributed by atoms with Crippen LogP contribution in [-0.2, 0) is 11.3 Å². The highest BCUT2D eigenvalue weighted by Gasteiger charge is 2.37. The molecule has 3 atom stereocenters. The van der Waals surface area contributed by atoms with Crippen LogP contribution in [0.2, 0.25) is 0 Å². The van der Waals surface area contributed by atoms with Crippen molar-refractivity contribution < 1.29 is 14.0 Å². The van der Waals surface area contributed by atoms with Gasteiger partial charge in [0.05, 0.1) is 12.5 Å². The van der Waals surface area contributed by atoms with Gasteiger partial charge in [-0.15, -0.1) is 0 Å². The lowest BCUT2D eigenvalue weighted by Gasteiger charge is -2.35.